The van der Waals surface area contributed by atoms with E-state index in [0.717, 1.165) is 21.2 Å². The topological polar surface area (TPSA) is 47.0 Å². The molecule has 0 N–H and O–H groups in total. The first kappa shape index (κ1) is 26.0. The highest BCUT2D eigenvalue weighted by Crippen LogP contribution is 2.47. The summed E-state index contributed by atoms with van der Waals surface area (Å²) in [6, 6.07) is 49.8. The molecular formula is C35H27NO2P2. The summed E-state index contributed by atoms with van der Waals surface area (Å²) in [6.07, 6.45) is 1.73. The van der Waals surface area contributed by atoms with Crippen molar-refractivity contribution in [2.75, 3.05) is 0 Å². The van der Waals surface area contributed by atoms with E-state index in [4.69, 9.17) is 0 Å². The minimum Gasteiger partial charge on any atom is -0.309 e. The quantitative estimate of drug-likeness (QED) is 0.226. The smallest absolute Gasteiger partial charge is 0.171 e. The predicted molar refractivity (Wildman–Crippen MR) is 168 cm³/mol. The van der Waals surface area contributed by atoms with Crippen molar-refractivity contribution >= 4 is 46.1 Å². The number of hydrogen-bond donors (Lipinski definition) is 0. The fourth-order valence-electron chi connectivity index (χ4n) is 5.15. The lowest BCUT2D eigenvalue weighted by Gasteiger charge is -2.25. The van der Waals surface area contributed by atoms with E-state index < -0.39 is 14.3 Å². The molecule has 40 heavy (non-hydrogen) atoms. The van der Waals surface area contributed by atoms with Gasteiger partial charge in [0.15, 0.2) is 14.3 Å². The zero-order valence-corrected chi connectivity index (χ0v) is 23.5. The van der Waals surface area contributed by atoms with E-state index in [1.165, 1.54) is 0 Å². The van der Waals surface area contributed by atoms with Crippen LogP contribution in [0.4, 0.5) is 0 Å². The van der Waals surface area contributed by atoms with Gasteiger partial charge >= 0.3 is 0 Å². The molecule has 0 saturated heterocycles. The number of pyridine rings is 1. The number of hydrogen-bond acceptors (Lipinski definition) is 3. The zero-order valence-electron chi connectivity index (χ0n) is 21.7. The summed E-state index contributed by atoms with van der Waals surface area (Å²) in [4.78, 5) is 4.67. The Morgan fingerprint density at radius 3 is 1.25 bits per heavy atom. The molecule has 0 bridgehead atoms. The highest BCUT2D eigenvalue weighted by molar-refractivity contribution is 7.86. The van der Waals surface area contributed by atoms with Gasteiger partial charge < -0.3 is 9.13 Å². The van der Waals surface area contributed by atoms with E-state index >= 15 is 9.13 Å². The van der Waals surface area contributed by atoms with Crippen LogP contribution >= 0.6 is 14.3 Å². The molecule has 5 heteroatoms. The van der Waals surface area contributed by atoms with E-state index in [1.54, 1.807) is 6.20 Å². The van der Waals surface area contributed by atoms with E-state index in [1.807, 2.05) is 158 Å². The fourth-order valence-corrected chi connectivity index (χ4v) is 10.7. The first-order chi connectivity index (χ1) is 19.6. The van der Waals surface area contributed by atoms with Crippen LogP contribution in [0.2, 0.25) is 0 Å². The standard InChI is InChI=1S/C35H27NO2P2/c37-39(28-15-5-1-6-16-28,29-17-7-2-8-18-29)32-24-25-35(33(27-32)34-23-13-14-26-36-34)40(38,30-19-9-3-10-20-30)31-21-11-4-12-22-31/h1-27H. The first-order valence-corrected chi connectivity index (χ1v) is 16.5. The molecule has 6 rings (SSSR count). The minimum absolute atomic E-state index is 0.667. The van der Waals surface area contributed by atoms with Gasteiger partial charge in [-0.15, -0.1) is 0 Å². The predicted octanol–water partition coefficient (Wildman–Crippen LogP) is 6.03. The van der Waals surface area contributed by atoms with Gasteiger partial charge in [-0.1, -0.05) is 133 Å². The fraction of sp³-hybridized carbons (Fsp3) is 0. The first-order valence-electron chi connectivity index (χ1n) is 13.1. The van der Waals surface area contributed by atoms with Crippen molar-refractivity contribution in [1.29, 1.82) is 0 Å². The number of aromatic nitrogens is 1. The molecule has 0 radical (unpaired) electrons. The lowest BCUT2D eigenvalue weighted by molar-refractivity contribution is 0.591. The maximum absolute atomic E-state index is 15.4. The Kier molecular flexibility index (Phi) is 7.18. The van der Waals surface area contributed by atoms with Gasteiger partial charge in [-0.2, -0.15) is 0 Å². The van der Waals surface area contributed by atoms with Crippen LogP contribution in [0.1, 0.15) is 0 Å². The van der Waals surface area contributed by atoms with Crippen LogP contribution < -0.4 is 31.8 Å². The second-order valence-electron chi connectivity index (χ2n) is 9.48. The summed E-state index contributed by atoms with van der Waals surface area (Å²) in [5.74, 6) is 0. The van der Waals surface area contributed by atoms with Crippen LogP contribution in [0.3, 0.4) is 0 Å². The molecule has 194 valence electrons. The van der Waals surface area contributed by atoms with Crippen molar-refractivity contribution in [2.45, 2.75) is 0 Å². The molecule has 0 spiro atoms. The molecule has 0 aliphatic heterocycles. The second kappa shape index (κ2) is 11.1. The molecular weight excluding hydrogens is 528 g/mol. The van der Waals surface area contributed by atoms with Crippen molar-refractivity contribution in [3.63, 3.8) is 0 Å². The molecule has 0 saturated carbocycles. The SMILES string of the molecule is O=P(c1ccccc1)(c1ccccc1)c1ccc(P(=O)(c2ccccc2)c2ccccc2)c(-c2ccccn2)c1. The van der Waals surface area contributed by atoms with Crippen LogP contribution in [-0.2, 0) is 9.13 Å². The Morgan fingerprint density at radius 2 is 0.825 bits per heavy atom. The molecule has 6 aromatic rings. The van der Waals surface area contributed by atoms with E-state index in [2.05, 4.69) is 4.98 Å². The molecule has 0 aliphatic carbocycles. The molecule has 0 fully saturated rings. The lowest BCUT2D eigenvalue weighted by Crippen LogP contribution is -2.30. The van der Waals surface area contributed by atoms with Gasteiger partial charge in [-0.3, -0.25) is 4.98 Å². The Labute approximate surface area is 235 Å². The van der Waals surface area contributed by atoms with Crippen molar-refractivity contribution in [2.24, 2.45) is 0 Å². The van der Waals surface area contributed by atoms with Crippen LogP contribution in [0.25, 0.3) is 11.3 Å². The van der Waals surface area contributed by atoms with E-state index in [0.29, 0.717) is 21.9 Å². The highest BCUT2D eigenvalue weighted by Gasteiger charge is 2.35. The summed E-state index contributed by atoms with van der Waals surface area (Å²) in [6.45, 7) is 0. The molecule has 0 aliphatic rings. The van der Waals surface area contributed by atoms with Gasteiger partial charge in [0, 0.05) is 43.6 Å². The summed E-state index contributed by atoms with van der Waals surface area (Å²) in [5.41, 5.74) is 1.39. The Balaban J connectivity index is 1.67. The summed E-state index contributed by atoms with van der Waals surface area (Å²) < 4.78 is 30.6. The Hall–Kier alpha value is -4.29. The molecule has 3 nitrogen and oxygen atoms in total. The van der Waals surface area contributed by atoms with Gasteiger partial charge in [-0.25, -0.2) is 0 Å². The Morgan fingerprint density at radius 1 is 0.400 bits per heavy atom. The van der Waals surface area contributed by atoms with Gasteiger partial charge in [0.1, 0.15) is 0 Å². The molecule has 0 atom stereocenters. The van der Waals surface area contributed by atoms with Crippen molar-refractivity contribution in [3.8, 4) is 11.3 Å². The summed E-state index contributed by atoms with van der Waals surface area (Å²) >= 11 is 0. The Bertz CT molecular complexity index is 1740. The monoisotopic (exact) mass is 555 g/mol. The lowest BCUT2D eigenvalue weighted by atomic mass is 10.1. The molecule has 0 amide bonds. The number of nitrogens with zero attached hydrogens (tertiary/aromatic N) is 1. The zero-order chi connectivity index (χ0) is 27.4. The average molecular weight is 556 g/mol. The van der Waals surface area contributed by atoms with Crippen LogP contribution in [0.15, 0.2) is 164 Å². The summed E-state index contributed by atoms with van der Waals surface area (Å²) in [5, 5.41) is 4.30. The van der Waals surface area contributed by atoms with Crippen molar-refractivity contribution in [1.82, 2.24) is 4.98 Å². The van der Waals surface area contributed by atoms with Crippen LogP contribution in [0.5, 0.6) is 0 Å². The third kappa shape index (κ3) is 4.58. The largest absolute Gasteiger partial charge is 0.309 e. The summed E-state index contributed by atoms with van der Waals surface area (Å²) in [7, 11) is -6.58. The van der Waals surface area contributed by atoms with Crippen molar-refractivity contribution in [3.05, 3.63) is 164 Å². The number of rotatable bonds is 7. The van der Waals surface area contributed by atoms with Crippen molar-refractivity contribution < 1.29 is 9.13 Å². The van der Waals surface area contributed by atoms with Gasteiger partial charge in [0.25, 0.3) is 0 Å². The maximum atomic E-state index is 15.4. The average Bonchev–Trinajstić information content (AvgIpc) is 3.06. The third-order valence-electron chi connectivity index (χ3n) is 7.10. The van der Waals surface area contributed by atoms with Gasteiger partial charge in [-0.05, 0) is 24.3 Å². The number of benzene rings is 5. The van der Waals surface area contributed by atoms with E-state index in [-0.39, 0.29) is 0 Å². The normalized spacial score (nSPS) is 11.7. The van der Waals surface area contributed by atoms with Crippen LogP contribution in [-0.4, -0.2) is 4.98 Å². The molecule has 1 heterocycles. The highest BCUT2D eigenvalue weighted by atomic mass is 31.2. The van der Waals surface area contributed by atoms with E-state index in [9.17, 15) is 0 Å². The molecule has 1 aromatic heterocycles. The second-order valence-corrected chi connectivity index (χ2v) is 15.0. The van der Waals surface area contributed by atoms with Gasteiger partial charge in [0.2, 0.25) is 0 Å². The molecule has 0 unspecified atom stereocenters. The maximum Gasteiger partial charge on any atom is 0.171 e. The molecule has 5 aromatic carbocycles. The minimum atomic E-state index is -3.33. The van der Waals surface area contributed by atoms with Gasteiger partial charge in [0.05, 0.1) is 5.69 Å². The van der Waals surface area contributed by atoms with Crippen LogP contribution in [0, 0.1) is 0 Å². The third-order valence-corrected chi connectivity index (χ3v) is 13.3.